The second kappa shape index (κ2) is 5.63. The lowest BCUT2D eigenvalue weighted by atomic mass is 9.85. The Morgan fingerprint density at radius 2 is 1.95 bits per heavy atom. The number of nitrogens with one attached hydrogen (secondary N) is 1. The molecular weight excluding hydrogens is 304 g/mol. The molecule has 0 spiro atoms. The maximum absolute atomic E-state index is 12.4. The predicted octanol–water partition coefficient (Wildman–Crippen LogP) is 2.06. The molecule has 0 aromatic heterocycles. The summed E-state index contributed by atoms with van der Waals surface area (Å²) in [5.74, 6) is 1.56. The summed E-state index contributed by atoms with van der Waals surface area (Å²) in [6, 6.07) is 7.99. The van der Waals surface area contributed by atoms with E-state index in [4.69, 9.17) is 0 Å². The van der Waals surface area contributed by atoms with E-state index in [1.54, 1.807) is 0 Å². The molecule has 2 heterocycles. The van der Waals surface area contributed by atoms with Crippen molar-refractivity contribution in [1.29, 1.82) is 0 Å². The number of piperidine rings is 2. The minimum absolute atomic E-state index is 0.267. The zero-order valence-electron chi connectivity index (χ0n) is 10.9. The third kappa shape index (κ3) is 3.00. The van der Waals surface area contributed by atoms with E-state index in [2.05, 4.69) is 26.1 Å². The predicted molar refractivity (Wildman–Crippen MR) is 78.9 cm³/mol. The first kappa shape index (κ1) is 13.1. The molecular formula is C15H19BrN2O. The van der Waals surface area contributed by atoms with E-state index < -0.39 is 0 Å². The van der Waals surface area contributed by atoms with Crippen LogP contribution in [0, 0.1) is 11.8 Å². The number of likely N-dealkylation sites (tertiary alicyclic amines) is 1. The smallest absolute Gasteiger partial charge is 0.227 e. The van der Waals surface area contributed by atoms with Crippen LogP contribution < -0.4 is 5.32 Å². The summed E-state index contributed by atoms with van der Waals surface area (Å²) in [7, 11) is 0. The maximum Gasteiger partial charge on any atom is 0.227 e. The first-order valence-corrected chi connectivity index (χ1v) is 7.73. The van der Waals surface area contributed by atoms with Crippen molar-refractivity contribution in [2.24, 2.45) is 11.8 Å². The van der Waals surface area contributed by atoms with Crippen LogP contribution in [0.25, 0.3) is 0 Å². The van der Waals surface area contributed by atoms with Crippen molar-refractivity contribution in [2.45, 2.75) is 12.8 Å². The first-order valence-electron chi connectivity index (χ1n) is 6.94. The summed E-state index contributed by atoms with van der Waals surface area (Å²) in [6.07, 6.45) is 1.79. The highest BCUT2D eigenvalue weighted by Crippen LogP contribution is 2.25. The van der Waals surface area contributed by atoms with Gasteiger partial charge >= 0.3 is 0 Å². The van der Waals surface area contributed by atoms with Crippen LogP contribution in [-0.2, 0) is 11.2 Å². The molecule has 2 bridgehead atoms. The van der Waals surface area contributed by atoms with Gasteiger partial charge in [0.15, 0.2) is 0 Å². The third-order valence-electron chi connectivity index (χ3n) is 4.14. The Kier molecular flexibility index (Phi) is 3.89. The number of hydrogen-bond acceptors (Lipinski definition) is 2. The molecule has 0 aliphatic carbocycles. The fourth-order valence-corrected chi connectivity index (χ4v) is 3.65. The van der Waals surface area contributed by atoms with Crippen LogP contribution in [0.2, 0.25) is 0 Å². The lowest BCUT2D eigenvalue weighted by Gasteiger charge is -2.41. The number of amides is 1. The highest BCUT2D eigenvalue weighted by Gasteiger charge is 2.32. The molecule has 1 amide bonds. The fourth-order valence-electron chi connectivity index (χ4n) is 3.23. The van der Waals surface area contributed by atoms with E-state index >= 15 is 0 Å². The number of hydrogen-bond donors (Lipinski definition) is 1. The molecule has 1 aromatic carbocycles. The molecule has 19 heavy (non-hydrogen) atoms. The Hall–Kier alpha value is -0.870. The van der Waals surface area contributed by atoms with Gasteiger partial charge in [-0.15, -0.1) is 0 Å². The maximum atomic E-state index is 12.4. The van der Waals surface area contributed by atoms with Crippen LogP contribution in [0.3, 0.4) is 0 Å². The van der Waals surface area contributed by atoms with Gasteiger partial charge < -0.3 is 10.2 Å². The summed E-state index contributed by atoms with van der Waals surface area (Å²) in [6.45, 7) is 3.98. The van der Waals surface area contributed by atoms with Gasteiger partial charge in [0, 0.05) is 17.6 Å². The monoisotopic (exact) mass is 322 g/mol. The Morgan fingerprint density at radius 1 is 1.26 bits per heavy atom. The molecule has 2 atom stereocenters. The van der Waals surface area contributed by atoms with E-state index in [-0.39, 0.29) is 5.91 Å². The summed E-state index contributed by atoms with van der Waals surface area (Å²) >= 11 is 3.52. The molecule has 2 unspecified atom stereocenters. The lowest BCUT2D eigenvalue weighted by Crippen LogP contribution is -2.53. The molecule has 0 saturated carbocycles. The first-order chi connectivity index (χ1) is 9.22. The van der Waals surface area contributed by atoms with Crippen LogP contribution in [-0.4, -0.2) is 37.0 Å². The molecule has 2 saturated heterocycles. The van der Waals surface area contributed by atoms with Crippen molar-refractivity contribution < 1.29 is 4.79 Å². The third-order valence-corrected chi connectivity index (χ3v) is 4.92. The molecule has 3 rings (SSSR count). The van der Waals surface area contributed by atoms with Gasteiger partial charge in [-0.25, -0.2) is 0 Å². The average Bonchev–Trinajstić information content (AvgIpc) is 2.41. The van der Waals surface area contributed by atoms with Crippen LogP contribution in [0.1, 0.15) is 12.0 Å². The number of nitrogens with zero attached hydrogens (tertiary/aromatic N) is 1. The van der Waals surface area contributed by atoms with Gasteiger partial charge in [-0.3, -0.25) is 4.79 Å². The summed E-state index contributed by atoms with van der Waals surface area (Å²) in [4.78, 5) is 14.5. The summed E-state index contributed by atoms with van der Waals surface area (Å²) < 4.78 is 1.03. The van der Waals surface area contributed by atoms with Gasteiger partial charge in [-0.2, -0.15) is 0 Å². The van der Waals surface area contributed by atoms with Gasteiger partial charge in [0.2, 0.25) is 5.91 Å². The Labute approximate surface area is 122 Å². The van der Waals surface area contributed by atoms with Gasteiger partial charge in [0.25, 0.3) is 0 Å². The second-order valence-electron chi connectivity index (χ2n) is 5.69. The molecule has 2 aliphatic heterocycles. The molecule has 2 aliphatic rings. The lowest BCUT2D eigenvalue weighted by molar-refractivity contribution is -0.133. The van der Waals surface area contributed by atoms with Crippen LogP contribution in [0.5, 0.6) is 0 Å². The second-order valence-corrected chi connectivity index (χ2v) is 6.55. The largest absolute Gasteiger partial charge is 0.342 e. The number of fused-ring (bicyclic) bond motifs is 2. The minimum atomic E-state index is 0.267. The standard InChI is InChI=1S/C15H19BrN2O/c16-14-4-2-1-3-13(14)6-15(19)18-9-11-5-12(10-18)8-17-7-11/h1-4,11-12,17H,5-10H2. The number of rotatable bonds is 2. The fraction of sp³-hybridized carbons (Fsp3) is 0.533. The molecule has 1 aromatic rings. The van der Waals surface area contributed by atoms with Crippen molar-refractivity contribution >= 4 is 21.8 Å². The van der Waals surface area contributed by atoms with Gasteiger partial charge in [0.1, 0.15) is 0 Å². The number of carbonyl (C=O) groups excluding carboxylic acids is 1. The van der Waals surface area contributed by atoms with E-state index in [1.807, 2.05) is 24.3 Å². The molecule has 0 radical (unpaired) electrons. The number of benzene rings is 1. The van der Waals surface area contributed by atoms with Crippen molar-refractivity contribution in [3.63, 3.8) is 0 Å². The van der Waals surface area contributed by atoms with E-state index in [1.165, 1.54) is 6.42 Å². The topological polar surface area (TPSA) is 32.3 Å². The molecule has 4 heteroatoms. The Morgan fingerprint density at radius 3 is 2.63 bits per heavy atom. The van der Waals surface area contributed by atoms with Gasteiger partial charge in [0.05, 0.1) is 6.42 Å². The van der Waals surface area contributed by atoms with Crippen LogP contribution in [0.4, 0.5) is 0 Å². The molecule has 1 N–H and O–H groups in total. The molecule has 102 valence electrons. The average molecular weight is 323 g/mol. The van der Waals surface area contributed by atoms with Crippen molar-refractivity contribution in [1.82, 2.24) is 10.2 Å². The van der Waals surface area contributed by atoms with Crippen molar-refractivity contribution in [3.8, 4) is 0 Å². The van der Waals surface area contributed by atoms with Gasteiger partial charge in [-0.05, 0) is 43.0 Å². The Bertz CT molecular complexity index is 465. The quantitative estimate of drug-likeness (QED) is 0.904. The highest BCUT2D eigenvalue weighted by molar-refractivity contribution is 9.10. The Balaban J connectivity index is 1.66. The zero-order chi connectivity index (χ0) is 13.2. The van der Waals surface area contributed by atoms with E-state index in [9.17, 15) is 4.79 Å². The minimum Gasteiger partial charge on any atom is -0.342 e. The molecule has 3 nitrogen and oxygen atoms in total. The van der Waals surface area contributed by atoms with E-state index in [0.29, 0.717) is 18.3 Å². The summed E-state index contributed by atoms with van der Waals surface area (Å²) in [5.41, 5.74) is 1.08. The number of carbonyl (C=O) groups is 1. The normalized spacial score (nSPS) is 26.3. The number of halogens is 1. The summed E-state index contributed by atoms with van der Waals surface area (Å²) in [5, 5.41) is 3.46. The zero-order valence-corrected chi connectivity index (χ0v) is 12.5. The van der Waals surface area contributed by atoms with Crippen LogP contribution >= 0.6 is 15.9 Å². The van der Waals surface area contributed by atoms with Gasteiger partial charge in [-0.1, -0.05) is 34.1 Å². The highest BCUT2D eigenvalue weighted by atomic mass is 79.9. The van der Waals surface area contributed by atoms with Crippen molar-refractivity contribution in [3.05, 3.63) is 34.3 Å². The van der Waals surface area contributed by atoms with Crippen LogP contribution in [0.15, 0.2) is 28.7 Å². The van der Waals surface area contributed by atoms with Crippen molar-refractivity contribution in [2.75, 3.05) is 26.2 Å². The SMILES string of the molecule is O=C(Cc1ccccc1Br)N1CC2CNCC(C2)C1. The van der Waals surface area contributed by atoms with E-state index in [0.717, 1.165) is 36.2 Å². The molecule has 2 fully saturated rings.